The number of hydrogen-bond donors (Lipinski definition) is 2. The highest BCUT2D eigenvalue weighted by atomic mass is 79.9. The minimum atomic E-state index is -0.605. The molecule has 4 nitrogen and oxygen atoms in total. The van der Waals surface area contributed by atoms with Gasteiger partial charge in [-0.3, -0.25) is 9.59 Å². The fourth-order valence-electron chi connectivity index (χ4n) is 1.84. The van der Waals surface area contributed by atoms with Crippen LogP contribution in [0.25, 0.3) is 0 Å². The van der Waals surface area contributed by atoms with Crippen LogP contribution in [0.3, 0.4) is 0 Å². The first-order chi connectivity index (χ1) is 12.9. The van der Waals surface area contributed by atoms with Crippen molar-refractivity contribution >= 4 is 76.6 Å². The number of carbonyl (C=O) groups is 2. The number of alkyl halides is 2. The lowest BCUT2D eigenvalue weighted by Gasteiger charge is -2.16. The summed E-state index contributed by atoms with van der Waals surface area (Å²) in [5, 5.41) is 5.75. The summed E-state index contributed by atoms with van der Waals surface area (Å²) in [5.74, 6) is -0.171. The van der Waals surface area contributed by atoms with E-state index in [4.69, 9.17) is 0 Å². The lowest BCUT2D eigenvalue weighted by molar-refractivity contribution is -0.118. The Balaban J connectivity index is 1.88. The molecule has 0 aromatic heterocycles. The van der Waals surface area contributed by atoms with Gasteiger partial charge in [0.1, 0.15) is 0 Å². The first-order valence-corrected chi connectivity index (χ1v) is 12.2. The second-order valence-electron chi connectivity index (χ2n) is 7.07. The van der Waals surface area contributed by atoms with Crippen LogP contribution in [0.5, 0.6) is 0 Å². The third kappa shape index (κ3) is 7.46. The Labute approximate surface area is 190 Å². The van der Waals surface area contributed by atoms with Crippen molar-refractivity contribution < 1.29 is 9.59 Å². The molecular weight excluding hydrogens is 524 g/mol. The molecule has 2 N–H and O–H groups in total. The van der Waals surface area contributed by atoms with Crippen LogP contribution in [0.15, 0.2) is 58.3 Å². The summed E-state index contributed by atoms with van der Waals surface area (Å²) in [6.45, 7) is 7.22. The van der Waals surface area contributed by atoms with E-state index >= 15 is 0 Å². The summed E-state index contributed by atoms with van der Waals surface area (Å²) in [7, 11) is 3.26. The van der Waals surface area contributed by atoms with Crippen molar-refractivity contribution in [2.45, 2.75) is 46.1 Å². The van der Waals surface area contributed by atoms with Gasteiger partial charge in [-0.2, -0.15) is 0 Å². The number of rotatable bonds is 7. The van der Waals surface area contributed by atoms with Crippen molar-refractivity contribution in [3.05, 3.63) is 48.5 Å². The molecule has 0 aliphatic heterocycles. The zero-order chi connectivity index (χ0) is 20.9. The highest BCUT2D eigenvalue weighted by Crippen LogP contribution is 2.38. The van der Waals surface area contributed by atoms with Gasteiger partial charge in [-0.25, -0.2) is 0 Å². The Kier molecular flexibility index (Phi) is 8.07. The third-order valence-corrected chi connectivity index (χ3v) is 6.68. The molecule has 2 aromatic carbocycles. The molecule has 2 amide bonds. The topological polar surface area (TPSA) is 58.2 Å². The molecule has 28 heavy (non-hydrogen) atoms. The number of nitrogens with one attached hydrogen (secondary N) is 2. The van der Waals surface area contributed by atoms with Gasteiger partial charge in [0.15, 0.2) is 0 Å². The van der Waals surface area contributed by atoms with Crippen molar-refractivity contribution in [1.29, 1.82) is 0 Å². The number of benzene rings is 2. The van der Waals surface area contributed by atoms with E-state index in [1.807, 2.05) is 48.5 Å². The molecule has 0 atom stereocenters. The van der Waals surface area contributed by atoms with E-state index in [1.54, 1.807) is 49.3 Å². The van der Waals surface area contributed by atoms with E-state index in [-0.39, 0.29) is 11.8 Å². The van der Waals surface area contributed by atoms with Gasteiger partial charge in [0.25, 0.3) is 0 Å². The molecule has 2 aromatic rings. The van der Waals surface area contributed by atoms with E-state index in [0.29, 0.717) is 0 Å². The average molecular weight is 546 g/mol. The quantitative estimate of drug-likeness (QED) is 0.300. The molecule has 0 radical (unpaired) electrons. The van der Waals surface area contributed by atoms with Gasteiger partial charge in [-0.15, -0.1) is 0 Å². The molecule has 150 valence electrons. The fraction of sp³-hybridized carbons (Fsp3) is 0.300. The summed E-state index contributed by atoms with van der Waals surface area (Å²) in [6, 6.07) is 15.4. The molecule has 0 bridgehead atoms. The van der Waals surface area contributed by atoms with Crippen LogP contribution < -0.4 is 10.6 Å². The minimum Gasteiger partial charge on any atom is -0.325 e. The largest absolute Gasteiger partial charge is 0.325 e. The van der Waals surface area contributed by atoms with E-state index in [9.17, 15) is 9.59 Å². The predicted molar refractivity (Wildman–Crippen MR) is 128 cm³/mol. The number of hydrogen-bond acceptors (Lipinski definition) is 4. The van der Waals surface area contributed by atoms with Gasteiger partial charge in [-0.1, -0.05) is 53.4 Å². The summed E-state index contributed by atoms with van der Waals surface area (Å²) < 4.78 is -1.21. The maximum Gasteiger partial charge on any atom is 0.240 e. The van der Waals surface area contributed by atoms with Gasteiger partial charge in [0, 0.05) is 21.2 Å². The normalized spacial score (nSPS) is 11.8. The first-order valence-electron chi connectivity index (χ1n) is 8.50. The molecular formula is C20H22Br2N2O2S2. The van der Waals surface area contributed by atoms with Crippen LogP contribution >= 0.6 is 53.4 Å². The van der Waals surface area contributed by atoms with Crippen molar-refractivity contribution in [3.8, 4) is 0 Å². The molecule has 0 saturated carbocycles. The van der Waals surface area contributed by atoms with E-state index in [0.717, 1.165) is 21.2 Å². The van der Waals surface area contributed by atoms with Crippen LogP contribution in [-0.4, -0.2) is 20.5 Å². The first kappa shape index (κ1) is 23.3. The molecule has 0 heterocycles. The van der Waals surface area contributed by atoms with Gasteiger partial charge in [-0.05, 0) is 76.2 Å². The molecule has 0 unspecified atom stereocenters. The minimum absolute atomic E-state index is 0.0854. The Hall–Kier alpha value is -0.960. The summed E-state index contributed by atoms with van der Waals surface area (Å²) in [4.78, 5) is 26.1. The summed E-state index contributed by atoms with van der Waals surface area (Å²) in [5.41, 5.74) is 1.53. The molecule has 8 heteroatoms. The lowest BCUT2D eigenvalue weighted by atomic mass is 10.2. The molecule has 0 spiro atoms. The maximum atomic E-state index is 12.0. The van der Waals surface area contributed by atoms with Crippen molar-refractivity contribution in [1.82, 2.24) is 0 Å². The van der Waals surface area contributed by atoms with E-state index in [2.05, 4.69) is 42.5 Å². The summed E-state index contributed by atoms with van der Waals surface area (Å²) in [6.07, 6.45) is 0. The van der Waals surface area contributed by atoms with Crippen LogP contribution in [0, 0.1) is 0 Å². The Morgan fingerprint density at radius 1 is 0.679 bits per heavy atom. The van der Waals surface area contributed by atoms with Crippen molar-refractivity contribution in [2.75, 3.05) is 10.6 Å². The Morgan fingerprint density at radius 3 is 1.21 bits per heavy atom. The van der Waals surface area contributed by atoms with Crippen molar-refractivity contribution in [3.63, 3.8) is 0 Å². The average Bonchev–Trinajstić information content (AvgIpc) is 2.60. The highest BCUT2D eigenvalue weighted by Gasteiger charge is 2.24. The molecule has 0 saturated heterocycles. The second kappa shape index (κ2) is 9.69. The van der Waals surface area contributed by atoms with Crippen LogP contribution in [-0.2, 0) is 9.59 Å². The van der Waals surface area contributed by atoms with Crippen LogP contribution in [0.1, 0.15) is 27.7 Å². The molecule has 2 rings (SSSR count). The van der Waals surface area contributed by atoms with Gasteiger partial charge >= 0.3 is 0 Å². The third-order valence-electron chi connectivity index (χ3n) is 3.54. The monoisotopic (exact) mass is 544 g/mol. The zero-order valence-electron chi connectivity index (χ0n) is 16.0. The number of amides is 2. The van der Waals surface area contributed by atoms with Crippen LogP contribution in [0.2, 0.25) is 0 Å². The fourth-order valence-corrected chi connectivity index (χ4v) is 3.97. The van der Waals surface area contributed by atoms with Gasteiger partial charge in [0.05, 0.1) is 8.65 Å². The standard InChI is InChI=1S/C20H22Br2N2O2S2/c1-19(2,21)17(25)23-13-5-9-15(10-6-13)27-28-16-11-7-14(8-12-16)24-18(26)20(3,4)22/h5-12H,1-4H3,(H,23,25)(H,24,26). The highest BCUT2D eigenvalue weighted by molar-refractivity contribution is 9.10. The van der Waals surface area contributed by atoms with E-state index < -0.39 is 8.65 Å². The molecule has 0 aliphatic rings. The second-order valence-corrected chi connectivity index (χ2v) is 13.3. The molecule has 0 fully saturated rings. The van der Waals surface area contributed by atoms with Gasteiger partial charge in [0.2, 0.25) is 11.8 Å². The summed E-state index contributed by atoms with van der Waals surface area (Å²) >= 11 is 6.70. The zero-order valence-corrected chi connectivity index (χ0v) is 20.8. The number of halogens is 2. The van der Waals surface area contributed by atoms with Gasteiger partial charge < -0.3 is 10.6 Å². The smallest absolute Gasteiger partial charge is 0.240 e. The van der Waals surface area contributed by atoms with Crippen LogP contribution in [0.4, 0.5) is 11.4 Å². The number of carbonyl (C=O) groups excluding carboxylic acids is 2. The van der Waals surface area contributed by atoms with Crippen molar-refractivity contribution in [2.24, 2.45) is 0 Å². The predicted octanol–water partition coefficient (Wildman–Crippen LogP) is 6.71. The Bertz CT molecular complexity index is 756. The maximum absolute atomic E-state index is 12.0. The lowest BCUT2D eigenvalue weighted by Crippen LogP contribution is -2.30. The number of anilines is 2. The van der Waals surface area contributed by atoms with E-state index in [1.165, 1.54) is 0 Å². The molecule has 0 aliphatic carbocycles. The SMILES string of the molecule is CC(C)(Br)C(=O)Nc1ccc(SSc2ccc(NC(=O)C(C)(C)Br)cc2)cc1. The Morgan fingerprint density at radius 2 is 0.964 bits per heavy atom.